The second kappa shape index (κ2) is 7.14. The van der Waals surface area contributed by atoms with Crippen molar-refractivity contribution >= 4 is 17.3 Å². The molecule has 108 valence electrons. The molecule has 2 heterocycles. The Labute approximate surface area is 124 Å². The minimum Gasteiger partial charge on any atom is -0.357 e. The van der Waals surface area contributed by atoms with Gasteiger partial charge < -0.3 is 15.2 Å². The molecule has 2 N–H and O–H groups in total. The van der Waals surface area contributed by atoms with Gasteiger partial charge in [0.1, 0.15) is 0 Å². The molecular weight excluding hydrogens is 268 g/mol. The Kier molecular flexibility index (Phi) is 5.24. The van der Waals surface area contributed by atoms with Gasteiger partial charge in [0.15, 0.2) is 5.96 Å². The maximum absolute atomic E-state index is 4.25. The van der Waals surface area contributed by atoms with Crippen molar-refractivity contribution in [2.45, 2.75) is 19.4 Å². The first-order chi connectivity index (χ1) is 9.69. The van der Waals surface area contributed by atoms with E-state index in [0.717, 1.165) is 19.0 Å². The zero-order valence-electron chi connectivity index (χ0n) is 12.3. The highest BCUT2D eigenvalue weighted by Crippen LogP contribution is 2.16. The van der Waals surface area contributed by atoms with Crippen LogP contribution in [0, 0.1) is 0 Å². The average Bonchev–Trinajstić information content (AvgIpc) is 3.10. The van der Waals surface area contributed by atoms with E-state index in [1.165, 1.54) is 11.1 Å². The Balaban J connectivity index is 1.78. The lowest BCUT2D eigenvalue weighted by Crippen LogP contribution is -2.38. The summed E-state index contributed by atoms with van der Waals surface area (Å²) in [7, 11) is 3.83. The average molecular weight is 290 g/mol. The molecule has 1 atom stereocenters. The summed E-state index contributed by atoms with van der Waals surface area (Å²) in [4.78, 5) is 4.25. The summed E-state index contributed by atoms with van der Waals surface area (Å²) in [5.74, 6) is 1.33. The van der Waals surface area contributed by atoms with Crippen LogP contribution in [0.25, 0.3) is 0 Å². The monoisotopic (exact) mass is 290 g/mol. The fraction of sp³-hybridized carbons (Fsp3) is 0.400. The summed E-state index contributed by atoms with van der Waals surface area (Å²) in [5, 5.41) is 11.0. The van der Waals surface area contributed by atoms with Gasteiger partial charge in [-0.25, -0.2) is 0 Å². The molecule has 0 amide bonds. The predicted molar refractivity (Wildman–Crippen MR) is 86.3 cm³/mol. The normalized spacial score (nSPS) is 13.2. The molecule has 0 aromatic carbocycles. The van der Waals surface area contributed by atoms with Gasteiger partial charge in [-0.15, -0.1) is 0 Å². The molecule has 0 radical (unpaired) electrons. The molecule has 0 aliphatic carbocycles. The summed E-state index contributed by atoms with van der Waals surface area (Å²) >= 11 is 1.74. The molecule has 20 heavy (non-hydrogen) atoms. The molecule has 2 aromatic rings. The topological polar surface area (TPSA) is 41.4 Å². The maximum atomic E-state index is 4.25. The van der Waals surface area contributed by atoms with E-state index >= 15 is 0 Å². The van der Waals surface area contributed by atoms with E-state index in [2.05, 4.69) is 51.6 Å². The van der Waals surface area contributed by atoms with Crippen molar-refractivity contribution in [3.63, 3.8) is 0 Å². The molecule has 0 saturated carbocycles. The van der Waals surface area contributed by atoms with Gasteiger partial charge >= 0.3 is 0 Å². The van der Waals surface area contributed by atoms with Crippen molar-refractivity contribution in [1.82, 2.24) is 15.2 Å². The van der Waals surface area contributed by atoms with Crippen molar-refractivity contribution in [1.29, 1.82) is 0 Å². The summed E-state index contributed by atoms with van der Waals surface area (Å²) in [5.41, 5.74) is 2.63. The van der Waals surface area contributed by atoms with Gasteiger partial charge in [-0.1, -0.05) is 6.92 Å². The number of guanidine groups is 1. The smallest absolute Gasteiger partial charge is 0.191 e. The second-order valence-electron chi connectivity index (χ2n) is 4.95. The zero-order chi connectivity index (χ0) is 14.4. The van der Waals surface area contributed by atoms with Crippen LogP contribution in [0.3, 0.4) is 0 Å². The van der Waals surface area contributed by atoms with E-state index < -0.39 is 0 Å². The number of rotatable bonds is 5. The van der Waals surface area contributed by atoms with Gasteiger partial charge in [-0.05, 0) is 39.9 Å². The summed E-state index contributed by atoms with van der Waals surface area (Å²) < 4.78 is 2.05. The largest absolute Gasteiger partial charge is 0.357 e. The van der Waals surface area contributed by atoms with Gasteiger partial charge in [-0.2, -0.15) is 11.3 Å². The zero-order valence-corrected chi connectivity index (χ0v) is 13.1. The minimum absolute atomic E-state index is 0.483. The highest BCUT2D eigenvalue weighted by Gasteiger charge is 2.07. The van der Waals surface area contributed by atoms with Crippen molar-refractivity contribution in [3.8, 4) is 0 Å². The molecule has 0 fully saturated rings. The Morgan fingerprint density at radius 3 is 2.85 bits per heavy atom. The van der Waals surface area contributed by atoms with Crippen LogP contribution in [0.5, 0.6) is 0 Å². The first kappa shape index (κ1) is 14.7. The molecular formula is C15H22N4S. The first-order valence-electron chi connectivity index (χ1n) is 6.76. The third-order valence-corrected chi connectivity index (χ3v) is 3.97. The van der Waals surface area contributed by atoms with Crippen LogP contribution in [0.2, 0.25) is 0 Å². The Morgan fingerprint density at radius 2 is 2.25 bits per heavy atom. The lowest BCUT2D eigenvalue weighted by atomic mass is 10.1. The SMILES string of the molecule is CN=C(NCc1ccn(C)c1)NCC(C)c1ccsc1. The molecule has 0 saturated heterocycles. The van der Waals surface area contributed by atoms with Crippen LogP contribution in [0.4, 0.5) is 0 Å². The van der Waals surface area contributed by atoms with Gasteiger partial charge in [-0.3, -0.25) is 4.99 Å². The molecule has 1 unspecified atom stereocenters. The number of aromatic nitrogens is 1. The number of aliphatic imine (C=N–C) groups is 1. The van der Waals surface area contributed by atoms with Gasteiger partial charge in [0.2, 0.25) is 0 Å². The van der Waals surface area contributed by atoms with E-state index in [9.17, 15) is 0 Å². The van der Waals surface area contributed by atoms with Crippen LogP contribution in [-0.4, -0.2) is 24.1 Å². The molecule has 0 aliphatic heterocycles. The van der Waals surface area contributed by atoms with Crippen molar-refractivity contribution in [2.24, 2.45) is 12.0 Å². The van der Waals surface area contributed by atoms with Crippen molar-refractivity contribution in [2.75, 3.05) is 13.6 Å². The summed E-state index contributed by atoms with van der Waals surface area (Å²) in [6.07, 6.45) is 4.15. The van der Waals surface area contributed by atoms with Crippen LogP contribution in [0.1, 0.15) is 24.0 Å². The number of hydrogen-bond acceptors (Lipinski definition) is 2. The molecule has 2 rings (SSSR count). The van der Waals surface area contributed by atoms with Crippen molar-refractivity contribution in [3.05, 3.63) is 46.4 Å². The molecule has 5 heteroatoms. The van der Waals surface area contributed by atoms with Crippen LogP contribution in [0.15, 0.2) is 40.3 Å². The quantitative estimate of drug-likeness (QED) is 0.656. The van der Waals surface area contributed by atoms with E-state index in [4.69, 9.17) is 0 Å². The predicted octanol–water partition coefficient (Wildman–Crippen LogP) is 2.56. The van der Waals surface area contributed by atoms with E-state index in [-0.39, 0.29) is 0 Å². The van der Waals surface area contributed by atoms with Crippen LogP contribution >= 0.6 is 11.3 Å². The molecule has 0 spiro atoms. The Morgan fingerprint density at radius 1 is 1.40 bits per heavy atom. The van der Waals surface area contributed by atoms with Gasteiger partial charge in [0.25, 0.3) is 0 Å². The second-order valence-corrected chi connectivity index (χ2v) is 5.73. The summed E-state index contributed by atoms with van der Waals surface area (Å²) in [6.45, 7) is 3.89. The summed E-state index contributed by atoms with van der Waals surface area (Å²) in [6, 6.07) is 4.28. The number of nitrogens with one attached hydrogen (secondary N) is 2. The van der Waals surface area contributed by atoms with Crippen LogP contribution < -0.4 is 10.6 Å². The third kappa shape index (κ3) is 4.13. The highest BCUT2D eigenvalue weighted by molar-refractivity contribution is 7.07. The number of thiophene rings is 1. The lowest BCUT2D eigenvalue weighted by molar-refractivity contribution is 0.700. The van der Waals surface area contributed by atoms with E-state index in [0.29, 0.717) is 5.92 Å². The molecule has 2 aromatic heterocycles. The van der Waals surface area contributed by atoms with Crippen molar-refractivity contribution < 1.29 is 0 Å². The van der Waals surface area contributed by atoms with Gasteiger partial charge in [0.05, 0.1) is 0 Å². The molecule has 0 bridgehead atoms. The Bertz CT molecular complexity index is 542. The van der Waals surface area contributed by atoms with E-state index in [1.807, 2.05) is 17.8 Å². The Hall–Kier alpha value is -1.75. The molecule has 4 nitrogen and oxygen atoms in total. The highest BCUT2D eigenvalue weighted by atomic mass is 32.1. The van der Waals surface area contributed by atoms with E-state index in [1.54, 1.807) is 18.4 Å². The van der Waals surface area contributed by atoms with Crippen LogP contribution in [-0.2, 0) is 13.6 Å². The maximum Gasteiger partial charge on any atom is 0.191 e. The third-order valence-electron chi connectivity index (χ3n) is 3.26. The lowest BCUT2D eigenvalue weighted by Gasteiger charge is -2.15. The number of nitrogens with zero attached hydrogens (tertiary/aromatic N) is 2. The standard InChI is InChI=1S/C15H22N4S/c1-12(14-5-7-20-11-14)8-17-15(16-2)18-9-13-4-6-19(3)10-13/h4-7,10-12H,8-9H2,1-3H3,(H2,16,17,18). The minimum atomic E-state index is 0.483. The number of hydrogen-bond donors (Lipinski definition) is 2. The fourth-order valence-electron chi connectivity index (χ4n) is 1.99. The number of aryl methyl sites for hydroxylation is 1. The first-order valence-corrected chi connectivity index (χ1v) is 7.70. The molecule has 0 aliphatic rings. The fourth-order valence-corrected chi connectivity index (χ4v) is 2.78. The van der Waals surface area contributed by atoms with Gasteiger partial charge in [0, 0.05) is 39.6 Å².